The molecule has 0 aliphatic carbocycles. The lowest BCUT2D eigenvalue weighted by Gasteiger charge is -2.43. The number of nitrogens with zero attached hydrogens (tertiary/aromatic N) is 1. The largest absolute Gasteiger partial charge is 0.455 e. The number of aliphatic hydroxyl groups is 1. The lowest BCUT2D eigenvalue weighted by Crippen LogP contribution is -2.60. The van der Waals surface area contributed by atoms with E-state index in [4.69, 9.17) is 16.3 Å². The Morgan fingerprint density at radius 2 is 2.36 bits per heavy atom. The van der Waals surface area contributed by atoms with Gasteiger partial charge in [-0.05, 0) is 13.3 Å². The van der Waals surface area contributed by atoms with E-state index < -0.39 is 28.8 Å². The summed E-state index contributed by atoms with van der Waals surface area (Å²) in [7, 11) is -0.826. The highest BCUT2D eigenvalue weighted by molar-refractivity contribution is 8.23. The maximum Gasteiger partial charge on any atom is 0.357 e. The van der Waals surface area contributed by atoms with Gasteiger partial charge in [-0.2, -0.15) is 0 Å². The quantitative estimate of drug-likeness (QED) is 0.513. The Morgan fingerprint density at radius 3 is 2.92 bits per heavy atom. The van der Waals surface area contributed by atoms with Crippen LogP contribution in [0, 0.1) is 5.92 Å². The van der Waals surface area contributed by atoms with Crippen molar-refractivity contribution in [3.05, 3.63) is 21.5 Å². The van der Waals surface area contributed by atoms with E-state index >= 15 is 0 Å². The number of amides is 1. The first-order valence-corrected chi connectivity index (χ1v) is 11.4. The summed E-state index contributed by atoms with van der Waals surface area (Å²) >= 11 is 8.51. The van der Waals surface area contributed by atoms with E-state index in [9.17, 15) is 18.9 Å². The molecule has 0 radical (unpaired) electrons. The van der Waals surface area contributed by atoms with Gasteiger partial charge in [0.2, 0.25) is 5.91 Å². The summed E-state index contributed by atoms with van der Waals surface area (Å²) in [5, 5.41) is 9.86. The number of aliphatic hydroxyl groups excluding tert-OH is 1. The van der Waals surface area contributed by atoms with Crippen LogP contribution in [0.15, 0.2) is 21.5 Å². The minimum absolute atomic E-state index is 0.132. The molecule has 6 nitrogen and oxygen atoms in total. The minimum Gasteiger partial charge on any atom is -0.455 e. The van der Waals surface area contributed by atoms with Crippen LogP contribution in [0.1, 0.15) is 13.3 Å². The fourth-order valence-corrected chi connectivity index (χ4v) is 8.22. The molecule has 0 bridgehead atoms. The molecule has 0 aromatic rings. The molecule has 1 amide bonds. The first kappa shape index (κ1) is 19.3. The third-order valence-corrected chi connectivity index (χ3v) is 8.79. The second kappa shape index (κ2) is 7.64. The number of rotatable bonds is 6. The Balaban J connectivity index is 1.81. The third kappa shape index (κ3) is 3.80. The van der Waals surface area contributed by atoms with Crippen LogP contribution in [0.25, 0.3) is 0 Å². The number of ether oxygens (including phenoxy) is 1. The number of carbonyl (C=O) groups excluding carboxylic acids is 2. The van der Waals surface area contributed by atoms with Crippen LogP contribution in [0.3, 0.4) is 0 Å². The monoisotopic (exact) mass is 423 g/mol. The van der Waals surface area contributed by atoms with E-state index in [1.165, 1.54) is 28.4 Å². The number of hydrogen-bond acceptors (Lipinski definition) is 7. The zero-order chi connectivity index (χ0) is 18.3. The van der Waals surface area contributed by atoms with Crippen LogP contribution in [0.2, 0.25) is 0 Å². The number of carbonyl (C=O) groups is 2. The van der Waals surface area contributed by atoms with Crippen LogP contribution < -0.4 is 0 Å². The van der Waals surface area contributed by atoms with Crippen LogP contribution in [0.5, 0.6) is 0 Å². The highest BCUT2D eigenvalue weighted by Crippen LogP contribution is 2.55. The molecule has 10 heteroatoms. The summed E-state index contributed by atoms with van der Waals surface area (Å²) in [6.07, 6.45) is 0.0186. The minimum atomic E-state index is -0.826. The van der Waals surface area contributed by atoms with Crippen molar-refractivity contribution in [1.29, 1.82) is 0 Å². The van der Waals surface area contributed by atoms with Crippen molar-refractivity contribution in [3.8, 4) is 0 Å². The Hall–Kier alpha value is -0.480. The van der Waals surface area contributed by atoms with Crippen LogP contribution in [0.4, 0.5) is 0 Å². The van der Waals surface area contributed by atoms with Gasteiger partial charge in [-0.3, -0.25) is 13.9 Å². The number of thioether (sulfide) groups is 2. The van der Waals surface area contributed by atoms with E-state index in [0.717, 1.165) is 6.42 Å². The Labute approximate surface area is 161 Å². The van der Waals surface area contributed by atoms with Crippen molar-refractivity contribution in [2.45, 2.75) is 30.1 Å². The summed E-state index contributed by atoms with van der Waals surface area (Å²) in [6.45, 7) is 4.91. The number of fused-ring (bicyclic) bond motifs is 1. The molecular weight excluding hydrogens is 406 g/mol. The zero-order valence-electron chi connectivity index (χ0n) is 13.5. The predicted octanol–water partition coefficient (Wildman–Crippen LogP) is 1.62. The summed E-state index contributed by atoms with van der Waals surface area (Å²) in [4.78, 5) is 26.3. The number of esters is 1. The standard InChI is InChI=1S/C15H18ClNO5S3/c1-7(16)5-22-14(20)11-15(23-9-3-4-25(21)6-9)24-13-10(8(2)18)12(19)17(11)13/h8-10,13,18H,1,3-6H2,2H3/t8-,9-,10+,13-,25+/m1/s1. The second-order valence-corrected chi connectivity index (χ2v) is 10.9. The van der Waals surface area contributed by atoms with Crippen LogP contribution >= 0.6 is 35.1 Å². The van der Waals surface area contributed by atoms with Gasteiger partial charge in [0, 0.05) is 32.6 Å². The molecule has 5 atom stereocenters. The van der Waals surface area contributed by atoms with E-state index in [2.05, 4.69) is 6.58 Å². The van der Waals surface area contributed by atoms with Gasteiger partial charge in [0.15, 0.2) is 5.70 Å². The first-order chi connectivity index (χ1) is 11.8. The lowest BCUT2D eigenvalue weighted by atomic mass is 9.92. The van der Waals surface area contributed by atoms with Gasteiger partial charge < -0.3 is 9.84 Å². The molecule has 1 N–H and O–H groups in total. The highest BCUT2D eigenvalue weighted by Gasteiger charge is 2.58. The van der Waals surface area contributed by atoms with E-state index in [1.807, 2.05) is 0 Å². The SMILES string of the molecule is C=C(Cl)COC(=O)C1=C(S[C@@H]2CC[S@](=O)C2)S[C@@H]2[C@@H]([C@@H](C)O)C(=O)N12. The van der Waals surface area contributed by atoms with Crippen molar-refractivity contribution in [2.24, 2.45) is 5.92 Å². The summed E-state index contributed by atoms with van der Waals surface area (Å²) in [5.74, 6) is -0.213. The maximum absolute atomic E-state index is 12.5. The first-order valence-electron chi connectivity index (χ1n) is 7.73. The van der Waals surface area contributed by atoms with Gasteiger partial charge in [0.1, 0.15) is 12.0 Å². The van der Waals surface area contributed by atoms with Gasteiger partial charge >= 0.3 is 5.97 Å². The van der Waals surface area contributed by atoms with Gasteiger partial charge in [-0.25, -0.2) is 4.79 Å². The number of hydrogen-bond donors (Lipinski definition) is 1. The van der Waals surface area contributed by atoms with Crippen molar-refractivity contribution < 1.29 is 23.6 Å². The molecule has 0 spiro atoms. The van der Waals surface area contributed by atoms with Gasteiger partial charge in [0.05, 0.1) is 16.3 Å². The van der Waals surface area contributed by atoms with Gasteiger partial charge in [0.25, 0.3) is 0 Å². The Morgan fingerprint density at radius 1 is 1.64 bits per heavy atom. The van der Waals surface area contributed by atoms with Crippen molar-refractivity contribution in [2.75, 3.05) is 18.1 Å². The molecule has 0 aromatic heterocycles. The van der Waals surface area contributed by atoms with E-state index in [1.54, 1.807) is 6.92 Å². The van der Waals surface area contributed by atoms with Crippen LogP contribution in [-0.4, -0.2) is 60.9 Å². The molecule has 0 unspecified atom stereocenters. The lowest BCUT2D eigenvalue weighted by molar-refractivity contribution is -0.157. The van der Waals surface area contributed by atoms with E-state index in [0.29, 0.717) is 15.7 Å². The maximum atomic E-state index is 12.5. The molecule has 2 saturated heterocycles. The predicted molar refractivity (Wildman–Crippen MR) is 100 cm³/mol. The smallest absolute Gasteiger partial charge is 0.357 e. The highest BCUT2D eigenvalue weighted by atomic mass is 35.5. The summed E-state index contributed by atoms with van der Waals surface area (Å²) < 4.78 is 17.4. The molecule has 25 heavy (non-hydrogen) atoms. The summed E-state index contributed by atoms with van der Waals surface area (Å²) in [6, 6.07) is 0. The average Bonchev–Trinajstić information content (AvgIpc) is 3.06. The Kier molecular flexibility index (Phi) is 5.89. The zero-order valence-corrected chi connectivity index (χ0v) is 16.7. The van der Waals surface area contributed by atoms with Crippen molar-refractivity contribution >= 4 is 57.8 Å². The molecule has 3 aliphatic heterocycles. The fourth-order valence-electron chi connectivity index (χ4n) is 2.92. The average molecular weight is 424 g/mol. The van der Waals surface area contributed by atoms with E-state index in [-0.39, 0.29) is 33.9 Å². The topological polar surface area (TPSA) is 83.9 Å². The second-order valence-electron chi connectivity index (χ2n) is 6.05. The molecule has 2 fully saturated rings. The Bertz CT molecular complexity index is 680. The molecule has 3 heterocycles. The molecular formula is C15H18ClNO5S3. The molecule has 138 valence electrons. The molecule has 3 aliphatic rings. The molecule has 0 saturated carbocycles. The third-order valence-electron chi connectivity index (χ3n) is 4.13. The van der Waals surface area contributed by atoms with Crippen LogP contribution in [-0.2, 0) is 25.1 Å². The normalized spacial score (nSPS) is 32.4. The van der Waals surface area contributed by atoms with Crippen molar-refractivity contribution in [3.63, 3.8) is 0 Å². The van der Waals surface area contributed by atoms with Crippen molar-refractivity contribution in [1.82, 2.24) is 4.90 Å². The molecule has 3 rings (SSSR count). The summed E-state index contributed by atoms with van der Waals surface area (Å²) in [5.41, 5.74) is 0.206. The number of β-lactam (4-membered cyclic amide) rings is 1. The van der Waals surface area contributed by atoms with Gasteiger partial charge in [-0.15, -0.1) is 11.8 Å². The fraction of sp³-hybridized carbons (Fsp3) is 0.600. The number of halogens is 1. The molecule has 0 aromatic carbocycles. The van der Waals surface area contributed by atoms with Gasteiger partial charge in [-0.1, -0.05) is 29.9 Å².